The van der Waals surface area contributed by atoms with Gasteiger partial charge < -0.3 is 4.74 Å². The average Bonchev–Trinajstić information content (AvgIpc) is 2.54. The van der Waals surface area contributed by atoms with E-state index < -0.39 is 0 Å². The fourth-order valence-corrected chi connectivity index (χ4v) is 3.46. The van der Waals surface area contributed by atoms with E-state index in [1.807, 2.05) is 6.08 Å². The Balaban J connectivity index is 1.64. The summed E-state index contributed by atoms with van der Waals surface area (Å²) in [5.41, 5.74) is 3.81. The largest absolute Gasteiger partial charge is 0.456 e. The van der Waals surface area contributed by atoms with Crippen LogP contribution in [0.1, 0.15) is 12.8 Å². The van der Waals surface area contributed by atoms with Crippen LogP contribution in [0.25, 0.3) is 0 Å². The molecule has 0 unspecified atom stereocenters. The van der Waals surface area contributed by atoms with Crippen LogP contribution >= 0.6 is 11.8 Å². The number of ether oxygens (including phenoxy) is 1. The van der Waals surface area contributed by atoms with Crippen molar-refractivity contribution in [2.75, 3.05) is 0 Å². The van der Waals surface area contributed by atoms with Crippen LogP contribution in [0, 0.1) is 0 Å². The fourth-order valence-electron chi connectivity index (χ4n) is 2.57. The van der Waals surface area contributed by atoms with Crippen LogP contribution < -0.4 is 0 Å². The predicted octanol–water partition coefficient (Wildman–Crippen LogP) is 5.07. The molecule has 4 aliphatic rings. The van der Waals surface area contributed by atoms with Crippen molar-refractivity contribution in [1.29, 1.82) is 0 Å². The molecule has 2 aliphatic heterocycles. The molecule has 0 aromatic heterocycles. The first kappa shape index (κ1) is 11.9. The van der Waals surface area contributed by atoms with Gasteiger partial charge in [-0.15, -0.1) is 0 Å². The summed E-state index contributed by atoms with van der Waals surface area (Å²) in [6.45, 7) is 0. The zero-order chi connectivity index (χ0) is 13.4. The van der Waals surface area contributed by atoms with Gasteiger partial charge in [0, 0.05) is 10.5 Å². The van der Waals surface area contributed by atoms with Crippen LogP contribution in [0.4, 0.5) is 0 Å². The molecule has 0 amide bonds. The third-order valence-electron chi connectivity index (χ3n) is 3.66. The number of thioether (sulfide) groups is 1. The molecule has 0 aromatic rings. The van der Waals surface area contributed by atoms with Crippen LogP contribution in [0.15, 0.2) is 93.2 Å². The number of rotatable bonds is 1. The SMILES string of the molecule is C1=CCC2=CC=C(C3=CSC4=CC=CCC4=C3)OC2=C1. The fraction of sp³-hybridized carbons (Fsp3) is 0.111. The second-order valence-electron chi connectivity index (χ2n) is 5.01. The smallest absolute Gasteiger partial charge is 0.135 e. The summed E-state index contributed by atoms with van der Waals surface area (Å²) < 4.78 is 6.05. The Bertz CT molecular complexity index is 706. The van der Waals surface area contributed by atoms with Gasteiger partial charge in [0.15, 0.2) is 0 Å². The third kappa shape index (κ3) is 2.06. The third-order valence-corrected chi connectivity index (χ3v) is 4.68. The minimum Gasteiger partial charge on any atom is -0.456 e. The van der Waals surface area contributed by atoms with Crippen molar-refractivity contribution in [3.8, 4) is 0 Å². The van der Waals surface area contributed by atoms with Crippen molar-refractivity contribution < 1.29 is 4.74 Å². The van der Waals surface area contributed by atoms with Gasteiger partial charge in [-0.1, -0.05) is 42.1 Å². The second-order valence-corrected chi connectivity index (χ2v) is 5.92. The molecule has 0 atom stereocenters. The first-order chi connectivity index (χ1) is 9.90. The van der Waals surface area contributed by atoms with Gasteiger partial charge >= 0.3 is 0 Å². The summed E-state index contributed by atoms with van der Waals surface area (Å²) in [5.74, 6) is 1.93. The Morgan fingerprint density at radius 1 is 0.850 bits per heavy atom. The van der Waals surface area contributed by atoms with Crippen molar-refractivity contribution in [3.05, 3.63) is 93.2 Å². The van der Waals surface area contributed by atoms with E-state index in [-0.39, 0.29) is 0 Å². The normalized spacial score (nSPS) is 23.2. The van der Waals surface area contributed by atoms with E-state index in [9.17, 15) is 0 Å². The molecular formula is C18H14OS. The van der Waals surface area contributed by atoms with Gasteiger partial charge in [-0.25, -0.2) is 0 Å². The lowest BCUT2D eigenvalue weighted by atomic mass is 10.00. The summed E-state index contributed by atoms with van der Waals surface area (Å²) in [4.78, 5) is 1.35. The second kappa shape index (κ2) is 4.88. The number of fused-ring (bicyclic) bond motifs is 2. The molecule has 0 fully saturated rings. The highest BCUT2D eigenvalue weighted by Gasteiger charge is 2.20. The Hall–Kier alpha value is -1.93. The molecule has 0 saturated heterocycles. The van der Waals surface area contributed by atoms with Crippen LogP contribution in [0.3, 0.4) is 0 Å². The first-order valence-corrected chi connectivity index (χ1v) is 7.69. The maximum Gasteiger partial charge on any atom is 0.135 e. The molecular weight excluding hydrogens is 264 g/mol. The van der Waals surface area contributed by atoms with Gasteiger partial charge in [0.05, 0.1) is 0 Å². The van der Waals surface area contributed by atoms with Gasteiger partial charge in [0.2, 0.25) is 0 Å². The lowest BCUT2D eigenvalue weighted by Gasteiger charge is -2.23. The van der Waals surface area contributed by atoms with E-state index in [4.69, 9.17) is 4.74 Å². The molecule has 2 heteroatoms. The Morgan fingerprint density at radius 2 is 1.70 bits per heavy atom. The zero-order valence-corrected chi connectivity index (χ0v) is 11.8. The van der Waals surface area contributed by atoms with E-state index in [0.717, 1.165) is 24.4 Å². The van der Waals surface area contributed by atoms with Gasteiger partial charge in [-0.2, -0.15) is 0 Å². The predicted molar refractivity (Wildman–Crippen MR) is 84.7 cm³/mol. The molecule has 4 rings (SSSR count). The van der Waals surface area contributed by atoms with E-state index >= 15 is 0 Å². The minimum absolute atomic E-state index is 0.948. The van der Waals surface area contributed by atoms with Gasteiger partial charge in [-0.05, 0) is 53.7 Å². The maximum absolute atomic E-state index is 6.05. The molecule has 2 heterocycles. The minimum atomic E-state index is 0.948. The Morgan fingerprint density at radius 3 is 2.65 bits per heavy atom. The summed E-state index contributed by atoms with van der Waals surface area (Å²) in [5, 5.41) is 2.18. The van der Waals surface area contributed by atoms with Crippen LogP contribution in [0.5, 0.6) is 0 Å². The first-order valence-electron chi connectivity index (χ1n) is 6.81. The lowest BCUT2D eigenvalue weighted by Crippen LogP contribution is -2.06. The number of allylic oxidation sites excluding steroid dienone is 11. The highest BCUT2D eigenvalue weighted by atomic mass is 32.2. The summed E-state index contributed by atoms with van der Waals surface area (Å²) >= 11 is 1.78. The Kier molecular flexibility index (Phi) is 2.89. The van der Waals surface area contributed by atoms with Crippen LogP contribution in [-0.4, -0.2) is 0 Å². The maximum atomic E-state index is 6.05. The summed E-state index contributed by atoms with van der Waals surface area (Å²) in [6.07, 6.45) is 21.2. The molecule has 0 radical (unpaired) electrons. The molecule has 0 N–H and O–H groups in total. The van der Waals surface area contributed by atoms with Crippen molar-refractivity contribution in [1.82, 2.24) is 0 Å². The number of hydrogen-bond donors (Lipinski definition) is 0. The quantitative estimate of drug-likeness (QED) is 0.662. The number of hydrogen-bond acceptors (Lipinski definition) is 2. The standard InChI is InChI=1S/C18H14OS/c1-3-7-16-13(5-1)9-10-17(19-16)15-11-14-6-2-4-8-18(14)20-12-15/h1-4,7-12H,5-6H2. The molecule has 0 bridgehead atoms. The Labute approximate surface area is 123 Å². The van der Waals surface area contributed by atoms with E-state index in [1.165, 1.54) is 21.6 Å². The highest BCUT2D eigenvalue weighted by Crippen LogP contribution is 2.40. The average molecular weight is 278 g/mol. The van der Waals surface area contributed by atoms with Crippen LogP contribution in [-0.2, 0) is 4.74 Å². The van der Waals surface area contributed by atoms with Crippen LogP contribution in [0.2, 0.25) is 0 Å². The van der Waals surface area contributed by atoms with Crippen molar-refractivity contribution in [2.45, 2.75) is 12.8 Å². The summed E-state index contributed by atoms with van der Waals surface area (Å²) in [6, 6.07) is 0. The van der Waals surface area contributed by atoms with Gasteiger partial charge in [0.1, 0.15) is 11.5 Å². The molecule has 0 aromatic carbocycles. The van der Waals surface area contributed by atoms with Gasteiger partial charge in [-0.3, -0.25) is 0 Å². The van der Waals surface area contributed by atoms with Crippen molar-refractivity contribution >= 4 is 11.8 Å². The monoisotopic (exact) mass is 278 g/mol. The molecule has 0 saturated carbocycles. The molecule has 98 valence electrons. The van der Waals surface area contributed by atoms with Crippen molar-refractivity contribution in [2.24, 2.45) is 0 Å². The highest BCUT2D eigenvalue weighted by molar-refractivity contribution is 8.06. The van der Waals surface area contributed by atoms with E-state index in [2.05, 4.69) is 54.0 Å². The van der Waals surface area contributed by atoms with Gasteiger partial charge in [0.25, 0.3) is 0 Å². The topological polar surface area (TPSA) is 9.23 Å². The molecule has 0 spiro atoms. The lowest BCUT2D eigenvalue weighted by molar-refractivity contribution is 0.319. The molecule has 1 nitrogen and oxygen atoms in total. The van der Waals surface area contributed by atoms with Crippen molar-refractivity contribution in [3.63, 3.8) is 0 Å². The van der Waals surface area contributed by atoms with E-state index in [1.54, 1.807) is 11.8 Å². The molecule has 2 aliphatic carbocycles. The van der Waals surface area contributed by atoms with E-state index in [0.29, 0.717) is 0 Å². The zero-order valence-electron chi connectivity index (χ0n) is 11.0. The summed E-state index contributed by atoms with van der Waals surface area (Å²) in [7, 11) is 0. The molecule has 20 heavy (non-hydrogen) atoms.